The Bertz CT molecular complexity index is 462. The second kappa shape index (κ2) is 5.74. The largest absolute Gasteiger partial charge is 0.497 e. The van der Waals surface area contributed by atoms with Gasteiger partial charge in [0.1, 0.15) is 5.75 Å². The standard InChI is InChI=1S/C17H26N2O/c1-18-9-4-7-17(13-18)8-10-19(14-17)12-15-5-3-6-16(11-15)20-2/h3,5-6,11H,4,7-10,12-14H2,1-2H3/t17-/m0/s1. The maximum Gasteiger partial charge on any atom is 0.119 e. The van der Waals surface area contributed by atoms with Gasteiger partial charge in [0, 0.05) is 19.6 Å². The normalized spacial score (nSPS) is 28.1. The first-order valence-corrected chi connectivity index (χ1v) is 7.73. The van der Waals surface area contributed by atoms with Crippen molar-refractivity contribution in [3.8, 4) is 5.75 Å². The van der Waals surface area contributed by atoms with Crippen LogP contribution in [0.3, 0.4) is 0 Å². The lowest BCUT2D eigenvalue weighted by atomic mass is 9.79. The topological polar surface area (TPSA) is 15.7 Å². The summed E-state index contributed by atoms with van der Waals surface area (Å²) >= 11 is 0. The first kappa shape index (κ1) is 13.9. The first-order chi connectivity index (χ1) is 9.69. The molecule has 1 aromatic carbocycles. The summed E-state index contributed by atoms with van der Waals surface area (Å²) in [6, 6.07) is 8.48. The molecule has 2 saturated heterocycles. The molecule has 0 radical (unpaired) electrons. The van der Waals surface area contributed by atoms with Crippen molar-refractivity contribution in [3.63, 3.8) is 0 Å². The summed E-state index contributed by atoms with van der Waals surface area (Å²) in [6.45, 7) is 6.11. The fourth-order valence-corrected chi connectivity index (χ4v) is 3.98. The number of nitrogens with zero attached hydrogens (tertiary/aromatic N) is 2. The van der Waals surface area contributed by atoms with Gasteiger partial charge < -0.3 is 9.64 Å². The van der Waals surface area contributed by atoms with Crippen molar-refractivity contribution in [2.24, 2.45) is 5.41 Å². The predicted octanol–water partition coefficient (Wildman–Crippen LogP) is 2.61. The fraction of sp³-hybridized carbons (Fsp3) is 0.647. The Morgan fingerprint density at radius 3 is 2.90 bits per heavy atom. The van der Waals surface area contributed by atoms with Crippen LogP contribution in [0.25, 0.3) is 0 Å². The third kappa shape index (κ3) is 2.99. The van der Waals surface area contributed by atoms with Gasteiger partial charge in [0.25, 0.3) is 0 Å². The summed E-state index contributed by atoms with van der Waals surface area (Å²) in [5.74, 6) is 0.966. The van der Waals surface area contributed by atoms with Crippen LogP contribution < -0.4 is 4.74 Å². The molecular weight excluding hydrogens is 248 g/mol. The highest BCUT2D eigenvalue weighted by Gasteiger charge is 2.40. The van der Waals surface area contributed by atoms with E-state index in [0.717, 1.165) is 12.3 Å². The van der Waals surface area contributed by atoms with Gasteiger partial charge in [-0.2, -0.15) is 0 Å². The zero-order valence-electron chi connectivity index (χ0n) is 12.8. The van der Waals surface area contributed by atoms with Gasteiger partial charge in [-0.3, -0.25) is 4.90 Å². The predicted molar refractivity (Wildman–Crippen MR) is 82.1 cm³/mol. The molecule has 2 aliphatic heterocycles. The van der Waals surface area contributed by atoms with Crippen LogP contribution in [-0.2, 0) is 6.54 Å². The smallest absolute Gasteiger partial charge is 0.119 e. The number of hydrogen-bond acceptors (Lipinski definition) is 3. The lowest BCUT2D eigenvalue weighted by molar-refractivity contribution is 0.112. The van der Waals surface area contributed by atoms with Crippen molar-refractivity contribution >= 4 is 0 Å². The summed E-state index contributed by atoms with van der Waals surface area (Å²) in [5, 5.41) is 0. The molecule has 3 rings (SSSR count). The van der Waals surface area contributed by atoms with Gasteiger partial charge in [0.05, 0.1) is 7.11 Å². The molecular formula is C17H26N2O. The molecule has 3 heteroatoms. The molecule has 1 atom stereocenters. The number of likely N-dealkylation sites (tertiary alicyclic amines) is 2. The molecule has 1 spiro atoms. The van der Waals surface area contributed by atoms with E-state index in [1.807, 2.05) is 6.07 Å². The third-order valence-corrected chi connectivity index (χ3v) is 4.91. The van der Waals surface area contributed by atoms with Crippen LogP contribution in [0.1, 0.15) is 24.8 Å². The molecule has 0 bridgehead atoms. The van der Waals surface area contributed by atoms with Gasteiger partial charge in [-0.25, -0.2) is 0 Å². The molecule has 2 heterocycles. The zero-order chi connectivity index (χ0) is 14.0. The molecule has 0 N–H and O–H groups in total. The summed E-state index contributed by atoms with van der Waals surface area (Å²) in [7, 11) is 4.01. The van der Waals surface area contributed by atoms with E-state index in [1.54, 1.807) is 7.11 Å². The maximum atomic E-state index is 5.32. The van der Waals surface area contributed by atoms with Gasteiger partial charge >= 0.3 is 0 Å². The van der Waals surface area contributed by atoms with Crippen LogP contribution >= 0.6 is 0 Å². The van der Waals surface area contributed by atoms with E-state index in [4.69, 9.17) is 4.74 Å². The number of rotatable bonds is 3. The SMILES string of the molecule is COc1cccc(CN2CC[C@]3(CCCN(C)C3)C2)c1. The highest BCUT2D eigenvalue weighted by atomic mass is 16.5. The van der Waals surface area contributed by atoms with E-state index in [-0.39, 0.29) is 0 Å². The molecule has 110 valence electrons. The van der Waals surface area contributed by atoms with Crippen LogP contribution in [0, 0.1) is 5.41 Å². The van der Waals surface area contributed by atoms with Gasteiger partial charge in [-0.1, -0.05) is 12.1 Å². The summed E-state index contributed by atoms with van der Waals surface area (Å²) in [6.07, 6.45) is 4.14. The summed E-state index contributed by atoms with van der Waals surface area (Å²) in [4.78, 5) is 5.13. The third-order valence-electron chi connectivity index (χ3n) is 4.91. The lowest BCUT2D eigenvalue weighted by Gasteiger charge is -2.38. The van der Waals surface area contributed by atoms with E-state index < -0.39 is 0 Å². The van der Waals surface area contributed by atoms with Gasteiger partial charge in [-0.15, -0.1) is 0 Å². The lowest BCUT2D eigenvalue weighted by Crippen LogP contribution is -2.42. The van der Waals surface area contributed by atoms with Crippen molar-refractivity contribution in [3.05, 3.63) is 29.8 Å². The minimum absolute atomic E-state index is 0.561. The van der Waals surface area contributed by atoms with Crippen molar-refractivity contribution in [1.82, 2.24) is 9.80 Å². The van der Waals surface area contributed by atoms with E-state index in [9.17, 15) is 0 Å². The highest BCUT2D eigenvalue weighted by Crippen LogP contribution is 2.39. The summed E-state index contributed by atoms with van der Waals surface area (Å²) < 4.78 is 5.32. The minimum Gasteiger partial charge on any atom is -0.497 e. The number of benzene rings is 1. The van der Waals surface area contributed by atoms with Crippen molar-refractivity contribution < 1.29 is 4.74 Å². The number of piperidine rings is 1. The van der Waals surface area contributed by atoms with Gasteiger partial charge in [0.15, 0.2) is 0 Å². The molecule has 0 saturated carbocycles. The van der Waals surface area contributed by atoms with E-state index in [0.29, 0.717) is 5.41 Å². The molecule has 3 nitrogen and oxygen atoms in total. The Labute approximate surface area is 122 Å². The molecule has 2 aliphatic rings. The Morgan fingerprint density at radius 1 is 1.20 bits per heavy atom. The average molecular weight is 274 g/mol. The Kier molecular flexibility index (Phi) is 3.99. The van der Waals surface area contributed by atoms with Crippen LogP contribution in [0.5, 0.6) is 5.75 Å². The zero-order valence-corrected chi connectivity index (χ0v) is 12.8. The van der Waals surface area contributed by atoms with Gasteiger partial charge in [0.2, 0.25) is 0 Å². The average Bonchev–Trinajstić information content (AvgIpc) is 2.81. The molecule has 0 aromatic heterocycles. The Balaban J connectivity index is 1.62. The van der Waals surface area contributed by atoms with E-state index in [2.05, 4.69) is 35.0 Å². The monoisotopic (exact) mass is 274 g/mol. The van der Waals surface area contributed by atoms with E-state index in [1.165, 1.54) is 51.0 Å². The van der Waals surface area contributed by atoms with Crippen molar-refractivity contribution in [2.45, 2.75) is 25.8 Å². The van der Waals surface area contributed by atoms with Crippen LogP contribution in [0.4, 0.5) is 0 Å². The Hall–Kier alpha value is -1.06. The second-order valence-electron chi connectivity index (χ2n) is 6.65. The summed E-state index contributed by atoms with van der Waals surface area (Å²) in [5.41, 5.74) is 1.93. The molecule has 0 unspecified atom stereocenters. The quantitative estimate of drug-likeness (QED) is 0.842. The minimum atomic E-state index is 0.561. The molecule has 0 amide bonds. The maximum absolute atomic E-state index is 5.32. The molecule has 1 aromatic rings. The number of ether oxygens (including phenoxy) is 1. The molecule has 2 fully saturated rings. The van der Waals surface area contributed by atoms with Crippen LogP contribution in [0.15, 0.2) is 24.3 Å². The van der Waals surface area contributed by atoms with Crippen molar-refractivity contribution in [1.29, 1.82) is 0 Å². The molecule has 0 aliphatic carbocycles. The van der Waals surface area contributed by atoms with E-state index >= 15 is 0 Å². The fourth-order valence-electron chi connectivity index (χ4n) is 3.98. The van der Waals surface area contributed by atoms with Crippen molar-refractivity contribution in [2.75, 3.05) is 40.3 Å². The first-order valence-electron chi connectivity index (χ1n) is 7.73. The Morgan fingerprint density at radius 2 is 2.10 bits per heavy atom. The number of methoxy groups -OCH3 is 1. The highest BCUT2D eigenvalue weighted by molar-refractivity contribution is 5.28. The number of hydrogen-bond donors (Lipinski definition) is 0. The van der Waals surface area contributed by atoms with Crippen LogP contribution in [0.2, 0.25) is 0 Å². The van der Waals surface area contributed by atoms with Crippen LogP contribution in [-0.4, -0.2) is 50.1 Å². The second-order valence-corrected chi connectivity index (χ2v) is 6.65. The van der Waals surface area contributed by atoms with Gasteiger partial charge in [-0.05, 0) is 62.5 Å². The molecule has 20 heavy (non-hydrogen) atoms.